The lowest BCUT2D eigenvalue weighted by Gasteiger charge is -2.33. The molecule has 0 radical (unpaired) electrons. The Hall–Kier alpha value is -0.170. The Morgan fingerprint density at radius 3 is 0.842 bits per heavy atom. The van der Waals surface area contributed by atoms with Crippen LogP contribution in [0.1, 0.15) is 265 Å². The van der Waals surface area contributed by atoms with E-state index in [-0.39, 0.29) is 5.97 Å². The summed E-state index contributed by atoms with van der Waals surface area (Å²) in [6.07, 6.45) is 49.3. The average Bonchev–Trinajstić information content (AvgIpc) is 3.22. The van der Waals surface area contributed by atoms with E-state index in [0.29, 0.717) is 32.8 Å². The molecule has 0 saturated heterocycles. The monoisotopic (exact) mass is 873 g/mol. The van der Waals surface area contributed by atoms with Gasteiger partial charge in [0.2, 0.25) is 0 Å². The molecule has 0 aromatic rings. The number of hydrogen-bond donors (Lipinski definition) is 0. The number of carbonyl (C=O) groups is 1. The molecular weight excluding hydrogens is 772 g/mol. The maximum absolute atomic E-state index is 12.7. The van der Waals surface area contributed by atoms with E-state index in [9.17, 15) is 4.79 Å². The van der Waals surface area contributed by atoms with Crippen LogP contribution in [0, 0.1) is 5.41 Å². The zero-order valence-electron chi connectivity index (χ0n) is 38.9. The van der Waals surface area contributed by atoms with Crippen molar-refractivity contribution in [3.63, 3.8) is 0 Å². The Morgan fingerprint density at radius 2 is 0.596 bits per heavy atom. The Labute approximate surface area is 365 Å². The van der Waals surface area contributed by atoms with Crippen LogP contribution >= 0.6 is 15.9 Å². The van der Waals surface area contributed by atoms with E-state index in [2.05, 4.69) is 36.7 Å². The third-order valence-corrected chi connectivity index (χ3v) is 12.3. The summed E-state index contributed by atoms with van der Waals surface area (Å²) < 4.78 is 25.1. The summed E-state index contributed by atoms with van der Waals surface area (Å²) in [4.78, 5) is 12.7. The van der Waals surface area contributed by atoms with Crippen LogP contribution in [0.2, 0.25) is 0 Å². The molecule has 5 nitrogen and oxygen atoms in total. The Morgan fingerprint density at radius 1 is 0.351 bits per heavy atom. The number of rotatable bonds is 50. The Balaban J connectivity index is 4.78. The molecule has 0 spiro atoms. The highest BCUT2D eigenvalue weighted by Gasteiger charge is 2.34. The molecular formula is C51H101BrO5. The summed E-state index contributed by atoms with van der Waals surface area (Å²) in [6, 6.07) is 0. The SMILES string of the molecule is CCCCCCCCCCCCCCOCC(COCCCCCCCCCCCCCC)(COCCCCCCCCCCCCCC)COC(=O)CCCBr. The van der Waals surface area contributed by atoms with Crippen molar-refractivity contribution < 1.29 is 23.7 Å². The van der Waals surface area contributed by atoms with Crippen LogP contribution in [0.4, 0.5) is 0 Å². The van der Waals surface area contributed by atoms with Crippen LogP contribution in [0.25, 0.3) is 0 Å². The molecule has 0 unspecified atom stereocenters. The van der Waals surface area contributed by atoms with Crippen molar-refractivity contribution in [2.45, 2.75) is 265 Å². The zero-order valence-corrected chi connectivity index (χ0v) is 40.5. The quantitative estimate of drug-likeness (QED) is 0.0346. The van der Waals surface area contributed by atoms with E-state index in [1.54, 1.807) is 0 Å². The van der Waals surface area contributed by atoms with E-state index < -0.39 is 5.41 Å². The summed E-state index contributed by atoms with van der Waals surface area (Å²) in [7, 11) is 0. The fraction of sp³-hybridized carbons (Fsp3) is 0.980. The second-order valence-electron chi connectivity index (χ2n) is 17.8. The molecule has 0 saturated carbocycles. The molecule has 6 heteroatoms. The topological polar surface area (TPSA) is 54.0 Å². The van der Waals surface area contributed by atoms with E-state index in [1.165, 1.54) is 212 Å². The van der Waals surface area contributed by atoms with Crippen molar-refractivity contribution in [2.75, 3.05) is 51.6 Å². The molecule has 0 bridgehead atoms. The van der Waals surface area contributed by atoms with Gasteiger partial charge in [-0.2, -0.15) is 0 Å². The number of ether oxygens (including phenoxy) is 4. The largest absolute Gasteiger partial charge is 0.465 e. The summed E-state index contributed by atoms with van der Waals surface area (Å²) in [5.74, 6) is -0.137. The first-order valence-electron chi connectivity index (χ1n) is 25.6. The highest BCUT2D eigenvalue weighted by Crippen LogP contribution is 2.23. The maximum atomic E-state index is 12.7. The maximum Gasteiger partial charge on any atom is 0.305 e. The fourth-order valence-corrected chi connectivity index (χ4v) is 8.05. The molecule has 0 rings (SSSR count). The molecule has 0 fully saturated rings. The van der Waals surface area contributed by atoms with Gasteiger partial charge in [-0.1, -0.05) is 249 Å². The molecule has 0 aliphatic carbocycles. The first kappa shape index (κ1) is 56.8. The minimum atomic E-state index is -0.477. The number of unbranched alkanes of at least 4 members (excludes halogenated alkanes) is 33. The fourth-order valence-electron chi connectivity index (χ4n) is 7.77. The lowest BCUT2D eigenvalue weighted by Crippen LogP contribution is -2.42. The van der Waals surface area contributed by atoms with Gasteiger partial charge >= 0.3 is 5.97 Å². The van der Waals surface area contributed by atoms with Crippen molar-refractivity contribution in [1.82, 2.24) is 0 Å². The van der Waals surface area contributed by atoms with Crippen LogP contribution in [0.5, 0.6) is 0 Å². The third-order valence-electron chi connectivity index (χ3n) is 11.7. The predicted octanol–water partition coefficient (Wildman–Crippen LogP) is 16.8. The second kappa shape index (κ2) is 48.5. The van der Waals surface area contributed by atoms with Gasteiger partial charge in [-0.15, -0.1) is 0 Å². The lowest BCUT2D eigenvalue weighted by molar-refractivity contribution is -0.156. The Kier molecular flexibility index (Phi) is 48.4. The normalized spacial score (nSPS) is 11.9. The first-order valence-corrected chi connectivity index (χ1v) is 26.7. The van der Waals surface area contributed by atoms with Gasteiger partial charge in [0, 0.05) is 31.6 Å². The number of halogens is 1. The minimum Gasteiger partial charge on any atom is -0.465 e. The first-order chi connectivity index (χ1) is 28.1. The van der Waals surface area contributed by atoms with Gasteiger partial charge in [-0.05, 0) is 25.7 Å². The molecule has 0 aromatic carbocycles. The number of alkyl halides is 1. The third kappa shape index (κ3) is 43.7. The van der Waals surface area contributed by atoms with Crippen LogP contribution < -0.4 is 0 Å². The minimum absolute atomic E-state index is 0.137. The summed E-state index contributed by atoms with van der Waals surface area (Å²) in [6.45, 7) is 10.9. The summed E-state index contributed by atoms with van der Waals surface area (Å²) >= 11 is 3.46. The van der Waals surface area contributed by atoms with Crippen molar-refractivity contribution >= 4 is 21.9 Å². The van der Waals surface area contributed by atoms with Gasteiger partial charge in [0.05, 0.1) is 25.2 Å². The van der Waals surface area contributed by atoms with E-state index in [1.807, 2.05) is 0 Å². The van der Waals surface area contributed by atoms with Crippen molar-refractivity contribution in [3.8, 4) is 0 Å². The van der Waals surface area contributed by atoms with Crippen LogP contribution in [-0.4, -0.2) is 57.5 Å². The highest BCUT2D eigenvalue weighted by molar-refractivity contribution is 9.09. The smallest absolute Gasteiger partial charge is 0.305 e. The van der Waals surface area contributed by atoms with Gasteiger partial charge in [-0.25, -0.2) is 0 Å². The average molecular weight is 874 g/mol. The molecule has 0 aliphatic heterocycles. The van der Waals surface area contributed by atoms with Crippen LogP contribution in [0.3, 0.4) is 0 Å². The number of hydrogen-bond acceptors (Lipinski definition) is 5. The van der Waals surface area contributed by atoms with E-state index in [4.69, 9.17) is 18.9 Å². The van der Waals surface area contributed by atoms with Gasteiger partial charge < -0.3 is 18.9 Å². The molecule has 0 aromatic heterocycles. The predicted molar refractivity (Wildman–Crippen MR) is 252 cm³/mol. The highest BCUT2D eigenvalue weighted by atomic mass is 79.9. The van der Waals surface area contributed by atoms with Gasteiger partial charge in [-0.3, -0.25) is 4.79 Å². The van der Waals surface area contributed by atoms with Crippen LogP contribution in [0.15, 0.2) is 0 Å². The number of esters is 1. The molecule has 57 heavy (non-hydrogen) atoms. The molecule has 0 atom stereocenters. The van der Waals surface area contributed by atoms with Gasteiger partial charge in [0.25, 0.3) is 0 Å². The second-order valence-corrected chi connectivity index (χ2v) is 18.6. The van der Waals surface area contributed by atoms with Crippen molar-refractivity contribution in [2.24, 2.45) is 5.41 Å². The van der Waals surface area contributed by atoms with Gasteiger partial charge in [0.1, 0.15) is 6.61 Å². The lowest BCUT2D eigenvalue weighted by atomic mass is 9.92. The van der Waals surface area contributed by atoms with Gasteiger partial charge in [0.15, 0.2) is 0 Å². The molecule has 342 valence electrons. The zero-order chi connectivity index (χ0) is 41.4. The molecule has 0 heterocycles. The van der Waals surface area contributed by atoms with Crippen molar-refractivity contribution in [1.29, 1.82) is 0 Å². The van der Waals surface area contributed by atoms with E-state index >= 15 is 0 Å². The molecule has 0 amide bonds. The summed E-state index contributed by atoms with van der Waals surface area (Å²) in [5.41, 5.74) is -0.477. The Bertz CT molecular complexity index is 685. The van der Waals surface area contributed by atoms with E-state index in [0.717, 1.165) is 50.8 Å². The van der Waals surface area contributed by atoms with Crippen molar-refractivity contribution in [3.05, 3.63) is 0 Å². The standard InChI is InChI=1S/C51H101BrO5/c1-4-7-10-13-16-19-22-25-28-31-34-37-43-54-46-51(49-57-50(53)41-40-42-52,47-55-44-38-35-32-29-26-23-20-17-14-11-8-5-2)48-56-45-39-36-33-30-27-24-21-18-15-12-9-6-3/h4-49H2,1-3H3. The summed E-state index contributed by atoms with van der Waals surface area (Å²) in [5, 5.41) is 0.805. The molecule has 0 aliphatic rings. The number of carbonyl (C=O) groups excluding carboxylic acids is 1. The molecule has 0 N–H and O–H groups in total. The van der Waals surface area contributed by atoms with Crippen LogP contribution in [-0.2, 0) is 23.7 Å².